The molecular formula is C18H28N2. The Kier molecular flexibility index (Phi) is 4.42. The summed E-state index contributed by atoms with van der Waals surface area (Å²) in [6.45, 7) is 3.64. The number of likely N-dealkylation sites (N-methyl/N-ethyl adjacent to an activating group) is 1. The summed E-state index contributed by atoms with van der Waals surface area (Å²) in [6.07, 6.45) is 7.98. The van der Waals surface area contributed by atoms with Crippen LogP contribution in [0.1, 0.15) is 56.2 Å². The van der Waals surface area contributed by atoms with Crippen molar-refractivity contribution in [2.75, 3.05) is 13.6 Å². The van der Waals surface area contributed by atoms with E-state index in [1.165, 1.54) is 45.1 Å². The Morgan fingerprint density at radius 1 is 1.20 bits per heavy atom. The molecule has 110 valence electrons. The van der Waals surface area contributed by atoms with E-state index in [4.69, 9.17) is 0 Å². The lowest BCUT2D eigenvalue weighted by atomic mass is 9.94. The monoisotopic (exact) mass is 272 g/mol. The second-order valence-electron chi connectivity index (χ2n) is 6.37. The molecule has 2 aliphatic rings. The second kappa shape index (κ2) is 6.28. The lowest BCUT2D eigenvalue weighted by Gasteiger charge is -2.37. The number of likely N-dealkylation sites (tertiary alicyclic amines) is 1. The average Bonchev–Trinajstić information content (AvgIpc) is 2.88. The van der Waals surface area contributed by atoms with E-state index in [2.05, 4.69) is 48.5 Å². The van der Waals surface area contributed by atoms with Gasteiger partial charge in [0.1, 0.15) is 0 Å². The fourth-order valence-electron chi connectivity index (χ4n) is 4.38. The standard InChI is InChI=1S/C18H28N2/c1-3-15-10-7-13-20(15)17-12-6-9-14-8-4-5-11-16(14)18(17)19-2/h4-5,8,11,15,17-19H,3,6-7,9-10,12-13H2,1-2H3. The fourth-order valence-corrected chi connectivity index (χ4v) is 4.38. The van der Waals surface area contributed by atoms with Crippen LogP contribution in [0.25, 0.3) is 0 Å². The summed E-state index contributed by atoms with van der Waals surface area (Å²) in [6, 6.07) is 11.0. The van der Waals surface area contributed by atoms with Gasteiger partial charge in [0.25, 0.3) is 0 Å². The first-order chi connectivity index (χ1) is 9.85. The number of nitrogens with one attached hydrogen (secondary N) is 1. The van der Waals surface area contributed by atoms with Gasteiger partial charge in [0.05, 0.1) is 0 Å². The van der Waals surface area contributed by atoms with Crippen molar-refractivity contribution in [2.45, 2.75) is 63.6 Å². The van der Waals surface area contributed by atoms with E-state index in [1.807, 2.05) is 0 Å². The fraction of sp³-hybridized carbons (Fsp3) is 0.667. The van der Waals surface area contributed by atoms with Gasteiger partial charge >= 0.3 is 0 Å². The van der Waals surface area contributed by atoms with Crippen molar-refractivity contribution in [2.24, 2.45) is 0 Å². The van der Waals surface area contributed by atoms with Gasteiger partial charge in [-0.15, -0.1) is 0 Å². The van der Waals surface area contributed by atoms with Gasteiger partial charge in [-0.2, -0.15) is 0 Å². The van der Waals surface area contributed by atoms with Crippen LogP contribution in [0.15, 0.2) is 24.3 Å². The Morgan fingerprint density at radius 2 is 2.05 bits per heavy atom. The molecule has 1 heterocycles. The average molecular weight is 272 g/mol. The van der Waals surface area contributed by atoms with E-state index in [0.29, 0.717) is 12.1 Å². The van der Waals surface area contributed by atoms with Crippen molar-refractivity contribution in [3.63, 3.8) is 0 Å². The van der Waals surface area contributed by atoms with Crippen LogP contribution in [0.2, 0.25) is 0 Å². The summed E-state index contributed by atoms with van der Waals surface area (Å²) in [5.41, 5.74) is 3.10. The Balaban J connectivity index is 1.91. The number of hydrogen-bond acceptors (Lipinski definition) is 2. The van der Waals surface area contributed by atoms with Crippen molar-refractivity contribution < 1.29 is 0 Å². The Bertz CT molecular complexity index is 443. The third-order valence-electron chi connectivity index (χ3n) is 5.35. The predicted molar refractivity (Wildman–Crippen MR) is 85.0 cm³/mol. The number of hydrogen-bond donors (Lipinski definition) is 1. The van der Waals surface area contributed by atoms with E-state index < -0.39 is 0 Å². The topological polar surface area (TPSA) is 15.3 Å². The highest BCUT2D eigenvalue weighted by Gasteiger charge is 2.36. The Morgan fingerprint density at radius 3 is 2.85 bits per heavy atom. The third-order valence-corrected chi connectivity index (χ3v) is 5.35. The van der Waals surface area contributed by atoms with Gasteiger partial charge in [-0.1, -0.05) is 31.2 Å². The number of fused-ring (bicyclic) bond motifs is 1. The molecule has 3 atom stereocenters. The smallest absolute Gasteiger partial charge is 0.0478 e. The molecule has 2 heteroatoms. The molecule has 1 fully saturated rings. The normalized spacial score (nSPS) is 31.0. The molecule has 0 bridgehead atoms. The molecule has 1 aliphatic heterocycles. The largest absolute Gasteiger partial charge is 0.312 e. The van der Waals surface area contributed by atoms with Gasteiger partial charge in [-0.05, 0) is 63.2 Å². The van der Waals surface area contributed by atoms with Crippen molar-refractivity contribution in [3.8, 4) is 0 Å². The highest BCUT2D eigenvalue weighted by Crippen LogP contribution is 2.35. The van der Waals surface area contributed by atoms with Gasteiger partial charge in [-0.3, -0.25) is 4.90 Å². The number of aryl methyl sites for hydroxylation is 1. The highest BCUT2D eigenvalue weighted by atomic mass is 15.2. The Labute approximate surface area is 123 Å². The zero-order chi connectivity index (χ0) is 13.9. The maximum atomic E-state index is 3.63. The summed E-state index contributed by atoms with van der Waals surface area (Å²) in [7, 11) is 2.14. The van der Waals surface area contributed by atoms with E-state index in [1.54, 1.807) is 11.1 Å². The van der Waals surface area contributed by atoms with Crippen LogP contribution in [0.3, 0.4) is 0 Å². The minimum absolute atomic E-state index is 0.501. The Hall–Kier alpha value is -0.860. The van der Waals surface area contributed by atoms with Crippen LogP contribution in [0.5, 0.6) is 0 Å². The first-order valence-corrected chi connectivity index (χ1v) is 8.36. The molecule has 0 saturated carbocycles. The summed E-state index contributed by atoms with van der Waals surface area (Å²) >= 11 is 0. The molecule has 1 saturated heterocycles. The molecule has 3 rings (SSSR count). The first-order valence-electron chi connectivity index (χ1n) is 8.36. The summed E-state index contributed by atoms with van der Waals surface area (Å²) < 4.78 is 0. The molecule has 1 aromatic carbocycles. The maximum absolute atomic E-state index is 3.63. The maximum Gasteiger partial charge on any atom is 0.0478 e. The van der Waals surface area contributed by atoms with Crippen molar-refractivity contribution >= 4 is 0 Å². The highest BCUT2D eigenvalue weighted by molar-refractivity contribution is 5.32. The van der Waals surface area contributed by atoms with Gasteiger partial charge in [0.2, 0.25) is 0 Å². The number of nitrogens with zero attached hydrogens (tertiary/aromatic N) is 1. The first kappa shape index (κ1) is 14.1. The third kappa shape index (κ3) is 2.51. The molecule has 3 unspecified atom stereocenters. The predicted octanol–water partition coefficient (Wildman–Crippen LogP) is 3.53. The molecule has 2 nitrogen and oxygen atoms in total. The SMILES string of the molecule is CCC1CCCN1C1CCCc2ccccc2C1NC. The van der Waals surface area contributed by atoms with Crippen LogP contribution in [0.4, 0.5) is 0 Å². The van der Waals surface area contributed by atoms with Crippen LogP contribution in [0, 0.1) is 0 Å². The van der Waals surface area contributed by atoms with Gasteiger partial charge < -0.3 is 5.32 Å². The molecule has 1 aliphatic carbocycles. The van der Waals surface area contributed by atoms with E-state index in [0.717, 1.165) is 6.04 Å². The van der Waals surface area contributed by atoms with Crippen LogP contribution in [-0.4, -0.2) is 30.6 Å². The summed E-state index contributed by atoms with van der Waals surface area (Å²) in [5, 5.41) is 3.63. The molecule has 0 amide bonds. The zero-order valence-electron chi connectivity index (χ0n) is 12.9. The molecule has 1 N–H and O–H groups in total. The number of rotatable bonds is 3. The van der Waals surface area contributed by atoms with Gasteiger partial charge in [-0.25, -0.2) is 0 Å². The molecule has 1 aromatic rings. The van der Waals surface area contributed by atoms with Crippen molar-refractivity contribution in [3.05, 3.63) is 35.4 Å². The van der Waals surface area contributed by atoms with Gasteiger partial charge in [0, 0.05) is 18.1 Å². The molecule has 20 heavy (non-hydrogen) atoms. The van der Waals surface area contributed by atoms with Crippen LogP contribution >= 0.6 is 0 Å². The quantitative estimate of drug-likeness (QED) is 0.847. The molecule has 0 spiro atoms. The zero-order valence-corrected chi connectivity index (χ0v) is 12.9. The van der Waals surface area contributed by atoms with E-state index in [9.17, 15) is 0 Å². The van der Waals surface area contributed by atoms with Crippen LogP contribution < -0.4 is 5.32 Å². The van der Waals surface area contributed by atoms with Crippen molar-refractivity contribution in [1.82, 2.24) is 10.2 Å². The minimum Gasteiger partial charge on any atom is -0.312 e. The lowest BCUT2D eigenvalue weighted by Crippen LogP contribution is -2.45. The molecule has 0 aromatic heterocycles. The summed E-state index contributed by atoms with van der Waals surface area (Å²) in [5.74, 6) is 0. The van der Waals surface area contributed by atoms with Gasteiger partial charge in [0.15, 0.2) is 0 Å². The van der Waals surface area contributed by atoms with Crippen molar-refractivity contribution in [1.29, 1.82) is 0 Å². The second-order valence-corrected chi connectivity index (χ2v) is 6.37. The summed E-state index contributed by atoms with van der Waals surface area (Å²) in [4.78, 5) is 2.81. The van der Waals surface area contributed by atoms with Crippen LogP contribution in [-0.2, 0) is 6.42 Å². The molecular weight excluding hydrogens is 244 g/mol. The number of benzene rings is 1. The van der Waals surface area contributed by atoms with E-state index in [-0.39, 0.29) is 0 Å². The minimum atomic E-state index is 0.501. The van der Waals surface area contributed by atoms with E-state index >= 15 is 0 Å². The lowest BCUT2D eigenvalue weighted by molar-refractivity contribution is 0.134. The molecule has 0 radical (unpaired) electrons.